The van der Waals surface area contributed by atoms with Crippen molar-refractivity contribution in [3.8, 4) is 0 Å². The van der Waals surface area contributed by atoms with Gasteiger partial charge in [-0.2, -0.15) is 0 Å². The molecular formula is C28H25N2OP. The molecule has 3 nitrogen and oxygen atoms in total. The lowest BCUT2D eigenvalue weighted by Crippen LogP contribution is -2.17. The molecule has 2 N–H and O–H groups in total. The van der Waals surface area contributed by atoms with Crippen molar-refractivity contribution in [1.29, 1.82) is 0 Å². The lowest BCUT2D eigenvalue weighted by Gasteiger charge is -2.23. The number of nitrogens with zero attached hydrogens (tertiary/aromatic N) is 1. The van der Waals surface area contributed by atoms with Crippen LogP contribution in [0.2, 0.25) is 0 Å². The molecule has 0 spiro atoms. The first-order valence-electron chi connectivity index (χ1n) is 10.5. The topological polar surface area (TPSA) is 55.4 Å². The molecule has 0 fully saturated rings. The summed E-state index contributed by atoms with van der Waals surface area (Å²) >= 11 is 0. The van der Waals surface area contributed by atoms with Crippen LogP contribution in [-0.4, -0.2) is 5.91 Å². The first-order chi connectivity index (χ1) is 15.6. The number of benzene rings is 4. The van der Waals surface area contributed by atoms with Crippen molar-refractivity contribution in [2.75, 3.05) is 0 Å². The van der Waals surface area contributed by atoms with Crippen LogP contribution in [0.4, 0.5) is 0 Å². The SMILES string of the molecule is Cc1ccc(/C(N)=C/P(=NC(=O)c2ccccc2)(c2ccccc2)c2ccccc2)cc1. The van der Waals surface area contributed by atoms with E-state index in [4.69, 9.17) is 10.5 Å². The van der Waals surface area contributed by atoms with E-state index >= 15 is 0 Å². The van der Waals surface area contributed by atoms with Crippen LogP contribution in [0, 0.1) is 6.92 Å². The molecule has 0 saturated heterocycles. The summed E-state index contributed by atoms with van der Waals surface area (Å²) < 4.78 is 4.92. The molecule has 0 aromatic heterocycles. The summed E-state index contributed by atoms with van der Waals surface area (Å²) in [6.45, 7) is 2.04. The molecule has 32 heavy (non-hydrogen) atoms. The highest BCUT2D eigenvalue weighted by molar-refractivity contribution is 7.84. The minimum atomic E-state index is -2.67. The van der Waals surface area contributed by atoms with Gasteiger partial charge in [-0.25, -0.2) is 4.74 Å². The second-order valence-corrected chi connectivity index (χ2v) is 10.4. The van der Waals surface area contributed by atoms with Crippen molar-refractivity contribution < 1.29 is 4.79 Å². The van der Waals surface area contributed by atoms with Crippen LogP contribution in [0.1, 0.15) is 21.5 Å². The molecule has 4 aromatic carbocycles. The first kappa shape index (κ1) is 21.5. The Hall–Kier alpha value is -3.68. The maximum absolute atomic E-state index is 13.4. The van der Waals surface area contributed by atoms with Crippen molar-refractivity contribution in [2.45, 2.75) is 6.92 Å². The molecule has 0 radical (unpaired) electrons. The standard InChI is InChI=1S/C28H25N2OP/c1-22-17-19-23(20-18-22)27(29)21-32(25-13-7-3-8-14-25,26-15-9-4-10-16-26)30-28(31)24-11-5-2-6-12-24/h2-21H,29H2,1H3/b27-21-. The van der Waals surface area contributed by atoms with Gasteiger partial charge in [-0.05, 0) is 30.4 Å². The summed E-state index contributed by atoms with van der Waals surface area (Å²) in [6.07, 6.45) is 0. The first-order valence-corrected chi connectivity index (χ1v) is 12.3. The fraction of sp³-hybridized carbons (Fsp3) is 0.0357. The van der Waals surface area contributed by atoms with Gasteiger partial charge in [-0.1, -0.05) is 109 Å². The average Bonchev–Trinajstić information content (AvgIpc) is 2.85. The molecular weight excluding hydrogens is 411 g/mol. The van der Waals surface area contributed by atoms with Crippen LogP contribution in [0.25, 0.3) is 5.70 Å². The smallest absolute Gasteiger partial charge is 0.276 e. The minimum Gasteiger partial charge on any atom is -0.398 e. The third-order valence-corrected chi connectivity index (χ3v) is 8.60. The lowest BCUT2D eigenvalue weighted by molar-refractivity contribution is 0.100. The van der Waals surface area contributed by atoms with Gasteiger partial charge in [0.15, 0.2) is 0 Å². The van der Waals surface area contributed by atoms with Gasteiger partial charge in [0.1, 0.15) is 0 Å². The summed E-state index contributed by atoms with van der Waals surface area (Å²) in [5.74, 6) is 1.75. The number of rotatable bonds is 5. The second kappa shape index (κ2) is 9.64. The van der Waals surface area contributed by atoms with Crippen LogP contribution in [-0.2, 0) is 0 Å². The van der Waals surface area contributed by atoms with E-state index < -0.39 is 7.05 Å². The second-order valence-electron chi connectivity index (χ2n) is 7.58. The monoisotopic (exact) mass is 436 g/mol. The molecule has 0 aliphatic heterocycles. The maximum atomic E-state index is 13.4. The number of amides is 1. The molecule has 4 rings (SSSR count). The Bertz CT molecular complexity index is 1240. The quantitative estimate of drug-likeness (QED) is 0.393. The van der Waals surface area contributed by atoms with E-state index in [9.17, 15) is 4.79 Å². The van der Waals surface area contributed by atoms with E-state index in [0.29, 0.717) is 11.3 Å². The van der Waals surface area contributed by atoms with Gasteiger partial charge < -0.3 is 5.73 Å². The number of hydrogen-bond acceptors (Lipinski definition) is 2. The van der Waals surface area contributed by atoms with E-state index in [-0.39, 0.29) is 5.91 Å². The minimum absolute atomic E-state index is 0.250. The van der Waals surface area contributed by atoms with Crippen molar-refractivity contribution in [3.63, 3.8) is 0 Å². The number of hydrogen-bond donors (Lipinski definition) is 1. The molecule has 0 aliphatic rings. The Morgan fingerprint density at radius 1 is 0.688 bits per heavy atom. The van der Waals surface area contributed by atoms with E-state index in [1.54, 1.807) is 12.1 Å². The third kappa shape index (κ3) is 4.64. The number of carbonyl (C=O) groups is 1. The molecule has 1 amide bonds. The molecule has 0 unspecified atom stereocenters. The zero-order valence-electron chi connectivity index (χ0n) is 17.9. The van der Waals surface area contributed by atoms with Crippen LogP contribution >= 0.6 is 7.05 Å². The molecule has 0 bridgehead atoms. The predicted molar refractivity (Wildman–Crippen MR) is 136 cm³/mol. The van der Waals surface area contributed by atoms with Gasteiger partial charge in [-0.15, -0.1) is 0 Å². The van der Waals surface area contributed by atoms with Gasteiger partial charge in [0.2, 0.25) is 0 Å². The molecule has 0 aliphatic carbocycles. The Morgan fingerprint density at radius 3 is 1.66 bits per heavy atom. The van der Waals surface area contributed by atoms with Gasteiger partial charge in [-0.3, -0.25) is 4.79 Å². The summed E-state index contributed by atoms with van der Waals surface area (Å²) in [4.78, 5) is 13.4. The van der Waals surface area contributed by atoms with E-state index in [2.05, 4.69) is 0 Å². The summed E-state index contributed by atoms with van der Waals surface area (Å²) in [6, 6.07) is 37.2. The highest BCUT2D eigenvalue weighted by atomic mass is 31.2. The largest absolute Gasteiger partial charge is 0.398 e. The van der Waals surface area contributed by atoms with Crippen LogP contribution in [0.3, 0.4) is 0 Å². The molecule has 4 aromatic rings. The number of nitrogens with two attached hydrogens (primary N) is 1. The van der Waals surface area contributed by atoms with Gasteiger partial charge in [0, 0.05) is 21.9 Å². The molecule has 0 heterocycles. The Labute approximate surface area is 189 Å². The summed E-state index contributed by atoms with van der Waals surface area (Å²) in [7, 11) is -2.67. The highest BCUT2D eigenvalue weighted by Crippen LogP contribution is 2.50. The summed E-state index contributed by atoms with van der Waals surface area (Å²) in [5, 5.41) is 1.95. The Kier molecular flexibility index (Phi) is 6.49. The molecule has 0 atom stereocenters. The van der Waals surface area contributed by atoms with Crippen molar-refractivity contribution in [1.82, 2.24) is 0 Å². The Morgan fingerprint density at radius 2 is 1.16 bits per heavy atom. The lowest BCUT2D eigenvalue weighted by atomic mass is 10.1. The van der Waals surface area contributed by atoms with Crippen molar-refractivity contribution in [3.05, 3.63) is 138 Å². The highest BCUT2D eigenvalue weighted by Gasteiger charge is 2.25. The fourth-order valence-corrected chi connectivity index (χ4v) is 6.65. The Balaban J connectivity index is 2.02. The normalized spacial score (nSPS) is 11.7. The number of carbonyl (C=O) groups excluding carboxylic acids is 1. The molecule has 4 heteroatoms. The van der Waals surface area contributed by atoms with Crippen LogP contribution < -0.4 is 16.3 Å². The predicted octanol–water partition coefficient (Wildman–Crippen LogP) is 5.94. The zero-order valence-corrected chi connectivity index (χ0v) is 18.8. The third-order valence-electron chi connectivity index (χ3n) is 5.28. The molecule has 158 valence electrons. The van der Waals surface area contributed by atoms with Crippen LogP contribution in [0.15, 0.2) is 126 Å². The van der Waals surface area contributed by atoms with Gasteiger partial charge >= 0.3 is 0 Å². The summed E-state index contributed by atoms with van der Waals surface area (Å²) in [5.41, 5.74) is 9.88. The number of aryl methyl sites for hydroxylation is 1. The van der Waals surface area contributed by atoms with Gasteiger partial charge in [0.05, 0.1) is 7.05 Å². The maximum Gasteiger partial charge on any atom is 0.276 e. The van der Waals surface area contributed by atoms with Crippen molar-refractivity contribution >= 4 is 29.3 Å². The zero-order chi connectivity index (χ0) is 22.4. The van der Waals surface area contributed by atoms with E-state index in [1.165, 1.54) is 0 Å². The van der Waals surface area contributed by atoms with Crippen molar-refractivity contribution in [2.24, 2.45) is 10.5 Å². The fourth-order valence-electron chi connectivity index (χ4n) is 3.56. The van der Waals surface area contributed by atoms with Crippen LogP contribution in [0.5, 0.6) is 0 Å². The van der Waals surface area contributed by atoms with E-state index in [1.807, 2.05) is 116 Å². The van der Waals surface area contributed by atoms with Gasteiger partial charge in [0.25, 0.3) is 5.91 Å². The average molecular weight is 436 g/mol. The molecule has 0 saturated carbocycles. The van der Waals surface area contributed by atoms with E-state index in [0.717, 1.165) is 21.7 Å².